The summed E-state index contributed by atoms with van der Waals surface area (Å²) in [6.07, 6.45) is 6.95. The molecule has 5 nitrogen and oxygen atoms in total. The van der Waals surface area contributed by atoms with E-state index in [1.165, 1.54) is 18.9 Å². The molecule has 0 aromatic heterocycles. The van der Waals surface area contributed by atoms with Gasteiger partial charge in [-0.1, -0.05) is 36.4 Å². The molecule has 2 aliphatic carbocycles. The molecule has 0 radical (unpaired) electrons. The standard InChI is InChI=1S/C25H27FN2O3/c1-30-16-25(18-8-9-18)13-12-20(22(27)14-25)24(29)28-15-17-6-10-19(11-7-17)31-23-5-3-2-4-21(23)26/h2-7,10-13,18H,8-9,14-16,27H2,1H3,(H,28,29). The van der Waals surface area contributed by atoms with E-state index in [0.717, 1.165) is 5.56 Å². The highest BCUT2D eigenvalue weighted by molar-refractivity contribution is 5.97. The number of amides is 1. The summed E-state index contributed by atoms with van der Waals surface area (Å²) in [5.41, 5.74) is 8.24. The number of carbonyl (C=O) groups excluding carboxylic acids is 1. The number of methoxy groups -OCH3 is 1. The summed E-state index contributed by atoms with van der Waals surface area (Å²) < 4.78 is 24.7. The van der Waals surface area contributed by atoms with Crippen LogP contribution in [0.5, 0.6) is 11.5 Å². The van der Waals surface area contributed by atoms with Crippen molar-refractivity contribution in [2.45, 2.75) is 25.8 Å². The molecule has 1 atom stereocenters. The van der Waals surface area contributed by atoms with Crippen LogP contribution in [-0.2, 0) is 16.1 Å². The summed E-state index contributed by atoms with van der Waals surface area (Å²) in [4.78, 5) is 12.7. The fourth-order valence-electron chi connectivity index (χ4n) is 4.12. The molecule has 0 spiro atoms. The van der Waals surface area contributed by atoms with E-state index in [-0.39, 0.29) is 17.1 Å². The highest BCUT2D eigenvalue weighted by Crippen LogP contribution is 2.51. The number of hydrogen-bond donors (Lipinski definition) is 2. The number of ether oxygens (including phenoxy) is 2. The van der Waals surface area contributed by atoms with E-state index in [9.17, 15) is 9.18 Å². The number of nitrogens with one attached hydrogen (secondary N) is 1. The molecular formula is C25H27FN2O3. The molecule has 0 aliphatic heterocycles. The predicted octanol–water partition coefficient (Wildman–Crippen LogP) is 4.45. The van der Waals surface area contributed by atoms with Crippen LogP contribution in [0.3, 0.4) is 0 Å². The molecule has 0 saturated heterocycles. The third-order valence-corrected chi connectivity index (χ3v) is 5.94. The molecule has 162 valence electrons. The van der Waals surface area contributed by atoms with Gasteiger partial charge in [-0.05, 0) is 55.0 Å². The van der Waals surface area contributed by atoms with Crippen LogP contribution in [0, 0.1) is 17.2 Å². The Hall–Kier alpha value is -3.12. The Morgan fingerprint density at radius 2 is 1.94 bits per heavy atom. The van der Waals surface area contributed by atoms with Crippen LogP contribution in [-0.4, -0.2) is 19.6 Å². The normalized spacial score (nSPS) is 20.6. The molecular weight excluding hydrogens is 395 g/mol. The summed E-state index contributed by atoms with van der Waals surface area (Å²) >= 11 is 0. The molecule has 1 unspecified atom stereocenters. The predicted molar refractivity (Wildman–Crippen MR) is 117 cm³/mol. The van der Waals surface area contributed by atoms with Crippen molar-refractivity contribution >= 4 is 5.91 Å². The third kappa shape index (κ3) is 4.80. The lowest BCUT2D eigenvalue weighted by Gasteiger charge is -2.33. The van der Waals surface area contributed by atoms with Crippen LogP contribution in [0.4, 0.5) is 4.39 Å². The zero-order valence-corrected chi connectivity index (χ0v) is 17.6. The molecule has 2 aromatic carbocycles. The van der Waals surface area contributed by atoms with Crippen LogP contribution < -0.4 is 15.8 Å². The minimum atomic E-state index is -0.415. The SMILES string of the molecule is COCC1(C2CC2)C=CC(C(=O)NCc2ccc(Oc3ccccc3F)cc2)=C(N)C1. The summed E-state index contributed by atoms with van der Waals surface area (Å²) in [5.74, 6) is 0.670. The maximum Gasteiger partial charge on any atom is 0.253 e. The number of rotatable bonds is 8. The molecule has 0 heterocycles. The number of para-hydroxylation sites is 1. The van der Waals surface area contributed by atoms with E-state index in [2.05, 4.69) is 11.4 Å². The van der Waals surface area contributed by atoms with E-state index in [4.69, 9.17) is 15.2 Å². The summed E-state index contributed by atoms with van der Waals surface area (Å²) in [5, 5.41) is 2.92. The first-order chi connectivity index (χ1) is 15.0. The zero-order valence-electron chi connectivity index (χ0n) is 17.6. The van der Waals surface area contributed by atoms with Crippen molar-refractivity contribution in [3.8, 4) is 11.5 Å². The van der Waals surface area contributed by atoms with Crippen molar-refractivity contribution in [3.05, 3.63) is 83.3 Å². The smallest absolute Gasteiger partial charge is 0.253 e. The maximum atomic E-state index is 13.7. The second kappa shape index (κ2) is 8.94. The second-order valence-corrected chi connectivity index (χ2v) is 8.25. The lowest BCUT2D eigenvalue weighted by atomic mass is 9.75. The Kier molecular flexibility index (Phi) is 6.09. The van der Waals surface area contributed by atoms with Crippen molar-refractivity contribution in [1.82, 2.24) is 5.32 Å². The van der Waals surface area contributed by atoms with E-state index in [1.54, 1.807) is 37.4 Å². The van der Waals surface area contributed by atoms with E-state index < -0.39 is 5.82 Å². The largest absolute Gasteiger partial charge is 0.454 e. The van der Waals surface area contributed by atoms with E-state index >= 15 is 0 Å². The minimum absolute atomic E-state index is 0.0866. The van der Waals surface area contributed by atoms with Gasteiger partial charge in [0.25, 0.3) is 5.91 Å². The lowest BCUT2D eigenvalue weighted by Crippen LogP contribution is -2.34. The van der Waals surface area contributed by atoms with Gasteiger partial charge in [0.15, 0.2) is 11.6 Å². The Morgan fingerprint density at radius 3 is 2.58 bits per heavy atom. The molecule has 31 heavy (non-hydrogen) atoms. The second-order valence-electron chi connectivity index (χ2n) is 8.25. The van der Waals surface area contributed by atoms with Crippen molar-refractivity contribution in [1.29, 1.82) is 0 Å². The molecule has 2 aliphatic rings. The van der Waals surface area contributed by atoms with Crippen LogP contribution >= 0.6 is 0 Å². The summed E-state index contributed by atoms with van der Waals surface area (Å²) in [7, 11) is 1.70. The monoisotopic (exact) mass is 422 g/mol. The van der Waals surface area contributed by atoms with Gasteiger partial charge in [0, 0.05) is 24.8 Å². The molecule has 1 amide bonds. The Balaban J connectivity index is 1.34. The van der Waals surface area contributed by atoms with E-state index in [1.807, 2.05) is 18.2 Å². The van der Waals surface area contributed by atoms with Crippen molar-refractivity contribution < 1.29 is 18.7 Å². The lowest BCUT2D eigenvalue weighted by molar-refractivity contribution is -0.117. The third-order valence-electron chi connectivity index (χ3n) is 5.94. The maximum absolute atomic E-state index is 13.7. The van der Waals surface area contributed by atoms with Crippen LogP contribution in [0.1, 0.15) is 24.8 Å². The first-order valence-corrected chi connectivity index (χ1v) is 10.5. The number of benzene rings is 2. The van der Waals surface area contributed by atoms with Crippen LogP contribution in [0.2, 0.25) is 0 Å². The number of nitrogens with two attached hydrogens (primary N) is 1. The molecule has 1 fully saturated rings. The number of allylic oxidation sites excluding steroid dienone is 1. The van der Waals surface area contributed by atoms with Gasteiger partial charge < -0.3 is 20.5 Å². The molecule has 3 N–H and O–H groups in total. The Morgan fingerprint density at radius 1 is 1.19 bits per heavy atom. The average molecular weight is 423 g/mol. The highest BCUT2D eigenvalue weighted by Gasteiger charge is 2.45. The Bertz CT molecular complexity index is 1010. The van der Waals surface area contributed by atoms with Gasteiger partial charge in [-0.15, -0.1) is 0 Å². The van der Waals surface area contributed by atoms with Crippen LogP contribution in [0.25, 0.3) is 0 Å². The first kappa shape index (κ1) is 21.1. The van der Waals surface area contributed by atoms with Gasteiger partial charge in [-0.25, -0.2) is 4.39 Å². The van der Waals surface area contributed by atoms with E-state index in [0.29, 0.717) is 42.5 Å². The first-order valence-electron chi connectivity index (χ1n) is 10.5. The zero-order chi connectivity index (χ0) is 21.8. The van der Waals surface area contributed by atoms with Crippen molar-refractivity contribution in [3.63, 3.8) is 0 Å². The molecule has 2 aromatic rings. The van der Waals surface area contributed by atoms with Gasteiger partial charge in [0.1, 0.15) is 5.75 Å². The molecule has 1 saturated carbocycles. The fraction of sp³-hybridized carbons (Fsp3) is 0.320. The molecule has 6 heteroatoms. The van der Waals surface area contributed by atoms with Gasteiger partial charge >= 0.3 is 0 Å². The number of hydrogen-bond acceptors (Lipinski definition) is 4. The number of carbonyl (C=O) groups is 1. The quantitative estimate of drug-likeness (QED) is 0.659. The number of halogens is 1. The summed E-state index contributed by atoms with van der Waals surface area (Å²) in [6.45, 7) is 0.973. The minimum Gasteiger partial charge on any atom is -0.454 e. The Labute approximate surface area is 181 Å². The highest BCUT2D eigenvalue weighted by atomic mass is 19.1. The molecule has 0 bridgehead atoms. The fourth-order valence-corrected chi connectivity index (χ4v) is 4.12. The van der Waals surface area contributed by atoms with Gasteiger partial charge in [-0.2, -0.15) is 0 Å². The van der Waals surface area contributed by atoms with Crippen LogP contribution in [0.15, 0.2) is 72.0 Å². The summed E-state index contributed by atoms with van der Waals surface area (Å²) in [6, 6.07) is 13.4. The van der Waals surface area contributed by atoms with Crippen molar-refractivity contribution in [2.24, 2.45) is 17.1 Å². The van der Waals surface area contributed by atoms with Gasteiger partial charge in [-0.3, -0.25) is 4.79 Å². The van der Waals surface area contributed by atoms with Gasteiger partial charge in [0.05, 0.1) is 12.2 Å². The van der Waals surface area contributed by atoms with Crippen molar-refractivity contribution in [2.75, 3.05) is 13.7 Å². The topological polar surface area (TPSA) is 73.6 Å². The van der Waals surface area contributed by atoms with Gasteiger partial charge in [0.2, 0.25) is 0 Å². The molecule has 4 rings (SSSR count). The average Bonchev–Trinajstić information content (AvgIpc) is 3.61.